The number of nitrogens with one attached hydrogen (secondary N) is 2. The third-order valence-corrected chi connectivity index (χ3v) is 9.29. The van der Waals surface area contributed by atoms with Gasteiger partial charge in [-0.25, -0.2) is 9.48 Å². The topological polar surface area (TPSA) is 79.3 Å². The van der Waals surface area contributed by atoms with E-state index in [1.54, 1.807) is 4.68 Å². The van der Waals surface area contributed by atoms with Crippen LogP contribution in [0.25, 0.3) is 5.69 Å². The van der Waals surface area contributed by atoms with Crippen LogP contribution >= 0.6 is 0 Å². The first-order valence-corrected chi connectivity index (χ1v) is 15.4. The highest BCUT2D eigenvalue weighted by Crippen LogP contribution is 2.44. The molecule has 2 aliphatic carbocycles. The van der Waals surface area contributed by atoms with Crippen LogP contribution in [0.2, 0.25) is 0 Å². The Bertz CT molecular complexity index is 1470. The number of urea groups is 1. The maximum Gasteiger partial charge on any atom is 0.324 e. The molecule has 0 spiro atoms. The Labute approximate surface area is 249 Å². The Morgan fingerprint density at radius 1 is 0.952 bits per heavy atom. The predicted octanol–water partition coefficient (Wildman–Crippen LogP) is 7.12. The molecule has 42 heavy (non-hydrogen) atoms. The molecule has 220 valence electrons. The van der Waals surface area contributed by atoms with Gasteiger partial charge in [-0.3, -0.25) is 10.1 Å². The molecule has 3 atom stereocenters. The molecule has 7 nitrogen and oxygen atoms in total. The number of para-hydroxylation sites is 1. The van der Waals surface area contributed by atoms with Gasteiger partial charge in [0.25, 0.3) is 0 Å². The Kier molecular flexibility index (Phi) is 7.69. The molecule has 2 heterocycles. The molecule has 3 amide bonds. The fourth-order valence-electron chi connectivity index (χ4n) is 6.78. The lowest BCUT2D eigenvalue weighted by Gasteiger charge is -2.35. The van der Waals surface area contributed by atoms with E-state index >= 15 is 0 Å². The molecule has 1 saturated heterocycles. The smallest absolute Gasteiger partial charge is 0.324 e. The molecule has 3 aliphatic rings. The lowest BCUT2D eigenvalue weighted by atomic mass is 9.87. The van der Waals surface area contributed by atoms with Gasteiger partial charge >= 0.3 is 6.03 Å². The van der Waals surface area contributed by atoms with Crippen LogP contribution in [0.1, 0.15) is 63.3 Å². The summed E-state index contributed by atoms with van der Waals surface area (Å²) in [7, 11) is 0. The minimum atomic E-state index is -0.295. The van der Waals surface area contributed by atoms with Crippen LogP contribution in [0.15, 0.2) is 66.7 Å². The van der Waals surface area contributed by atoms with E-state index in [1.807, 2.05) is 48.5 Å². The minimum Gasteiger partial charge on any atom is -0.342 e. The van der Waals surface area contributed by atoms with Gasteiger partial charge in [0, 0.05) is 36.2 Å². The first-order chi connectivity index (χ1) is 20.1. The second kappa shape index (κ2) is 11.4. The number of carbonyl (C=O) groups is 2. The maximum absolute atomic E-state index is 13.3. The zero-order valence-corrected chi connectivity index (χ0v) is 25.3. The molecule has 0 radical (unpaired) electrons. The van der Waals surface area contributed by atoms with E-state index in [1.165, 1.54) is 5.56 Å². The summed E-state index contributed by atoms with van der Waals surface area (Å²) in [6, 6.07) is 17.8. The third kappa shape index (κ3) is 6.01. The monoisotopic (exact) mass is 565 g/mol. The molecular formula is C35H43N5O2. The van der Waals surface area contributed by atoms with Gasteiger partial charge in [-0.1, -0.05) is 68.8 Å². The summed E-state index contributed by atoms with van der Waals surface area (Å²) in [6.45, 7) is 10.1. The largest absolute Gasteiger partial charge is 0.342 e. The zero-order valence-electron chi connectivity index (χ0n) is 25.3. The van der Waals surface area contributed by atoms with Crippen LogP contribution in [-0.2, 0) is 16.6 Å². The second-order valence-electron chi connectivity index (χ2n) is 13.5. The predicted molar refractivity (Wildman–Crippen MR) is 168 cm³/mol. The summed E-state index contributed by atoms with van der Waals surface area (Å²) >= 11 is 0. The highest BCUT2D eigenvalue weighted by molar-refractivity contribution is 6.00. The molecule has 2 fully saturated rings. The summed E-state index contributed by atoms with van der Waals surface area (Å²) in [6.07, 6.45) is 9.63. The van der Waals surface area contributed by atoms with E-state index in [-0.39, 0.29) is 17.4 Å². The number of likely N-dealkylation sites (tertiary alicyclic amines) is 1. The first kappa shape index (κ1) is 28.3. The van der Waals surface area contributed by atoms with E-state index in [0.717, 1.165) is 67.8 Å². The quantitative estimate of drug-likeness (QED) is 0.313. The number of benzene rings is 2. The van der Waals surface area contributed by atoms with Crippen LogP contribution < -0.4 is 10.6 Å². The van der Waals surface area contributed by atoms with Gasteiger partial charge in [-0.15, -0.1) is 0 Å². The zero-order chi connectivity index (χ0) is 29.4. The number of rotatable bonds is 6. The van der Waals surface area contributed by atoms with Crippen molar-refractivity contribution in [3.8, 4) is 5.69 Å². The summed E-state index contributed by atoms with van der Waals surface area (Å²) in [5, 5.41) is 11.0. The SMILES string of the molecule is Cc1ccc(-n2nc(C(C)(C)C)cc2NC(=O)Nc2ccccc2CC2CCN(C(=O)C3CC4C=CC3C4)CC2)cc1. The van der Waals surface area contributed by atoms with E-state index in [9.17, 15) is 9.59 Å². The van der Waals surface area contributed by atoms with Crippen molar-refractivity contribution in [3.05, 3.63) is 83.6 Å². The molecule has 6 rings (SSSR count). The third-order valence-electron chi connectivity index (χ3n) is 9.29. The molecule has 3 aromatic rings. The summed E-state index contributed by atoms with van der Waals surface area (Å²) in [4.78, 5) is 28.6. The minimum absolute atomic E-state index is 0.163. The molecule has 3 unspecified atom stereocenters. The number of fused-ring (bicyclic) bond motifs is 2. The number of aromatic nitrogens is 2. The number of anilines is 2. The van der Waals surface area contributed by atoms with Gasteiger partial charge < -0.3 is 10.2 Å². The Balaban J connectivity index is 1.09. The number of piperidine rings is 1. The average Bonchev–Trinajstić information content (AvgIpc) is 3.71. The summed E-state index contributed by atoms with van der Waals surface area (Å²) in [5.41, 5.74) is 4.75. The molecular weight excluding hydrogens is 522 g/mol. The number of aryl methyl sites for hydroxylation is 1. The molecule has 1 aliphatic heterocycles. The van der Waals surface area contributed by atoms with Gasteiger partial charge in [0.15, 0.2) is 0 Å². The van der Waals surface area contributed by atoms with Gasteiger partial charge in [0.1, 0.15) is 5.82 Å². The number of allylic oxidation sites excluding steroid dienone is 2. The van der Waals surface area contributed by atoms with Crippen LogP contribution in [0.3, 0.4) is 0 Å². The number of amides is 3. The molecule has 7 heteroatoms. The number of hydrogen-bond donors (Lipinski definition) is 2. The van der Waals surface area contributed by atoms with E-state index in [2.05, 4.69) is 61.4 Å². The lowest BCUT2D eigenvalue weighted by molar-refractivity contribution is -0.137. The Morgan fingerprint density at radius 2 is 1.69 bits per heavy atom. The van der Waals surface area contributed by atoms with Crippen molar-refractivity contribution < 1.29 is 9.59 Å². The van der Waals surface area contributed by atoms with Crippen LogP contribution in [0, 0.1) is 30.6 Å². The number of nitrogens with zero attached hydrogens (tertiary/aromatic N) is 3. The van der Waals surface area contributed by atoms with Gasteiger partial charge in [0.05, 0.1) is 11.4 Å². The number of carbonyl (C=O) groups excluding carboxylic acids is 2. The van der Waals surface area contributed by atoms with Crippen LogP contribution in [0.4, 0.5) is 16.3 Å². The summed E-state index contributed by atoms with van der Waals surface area (Å²) < 4.78 is 1.80. The standard InChI is InChI=1S/C35H43N5O2/c1-23-9-13-28(14-10-23)40-32(22-31(38-40)35(2,3)4)37-34(42)36-30-8-6-5-7-27(30)19-24-15-17-39(18-16-24)33(41)29-21-25-11-12-26(29)20-25/h5-14,22,24-26,29H,15-21H2,1-4H3,(H2,36,37,42). The molecule has 1 aromatic heterocycles. The van der Waals surface area contributed by atoms with Crippen molar-refractivity contribution in [2.24, 2.45) is 23.7 Å². The van der Waals surface area contributed by atoms with E-state index in [4.69, 9.17) is 5.10 Å². The first-order valence-electron chi connectivity index (χ1n) is 15.4. The van der Waals surface area contributed by atoms with E-state index in [0.29, 0.717) is 29.5 Å². The Hall–Kier alpha value is -3.87. The van der Waals surface area contributed by atoms with Crippen molar-refractivity contribution in [1.82, 2.24) is 14.7 Å². The summed E-state index contributed by atoms with van der Waals surface area (Å²) in [5.74, 6) is 2.75. The van der Waals surface area contributed by atoms with Crippen molar-refractivity contribution in [1.29, 1.82) is 0 Å². The highest BCUT2D eigenvalue weighted by atomic mass is 16.2. The van der Waals surface area contributed by atoms with Gasteiger partial charge in [0.2, 0.25) is 5.91 Å². The van der Waals surface area contributed by atoms with Gasteiger partial charge in [-0.05, 0) is 80.5 Å². The number of hydrogen-bond acceptors (Lipinski definition) is 3. The molecule has 2 aromatic carbocycles. The van der Waals surface area contributed by atoms with Crippen molar-refractivity contribution in [3.63, 3.8) is 0 Å². The Morgan fingerprint density at radius 3 is 2.36 bits per heavy atom. The van der Waals surface area contributed by atoms with Gasteiger partial charge in [-0.2, -0.15) is 5.10 Å². The normalized spacial score (nSPS) is 22.0. The highest BCUT2D eigenvalue weighted by Gasteiger charge is 2.42. The fraction of sp³-hybridized carbons (Fsp3) is 0.457. The van der Waals surface area contributed by atoms with Crippen molar-refractivity contribution in [2.45, 2.75) is 65.2 Å². The molecule has 2 N–H and O–H groups in total. The fourth-order valence-corrected chi connectivity index (χ4v) is 6.78. The molecule has 1 saturated carbocycles. The van der Waals surface area contributed by atoms with Crippen LogP contribution in [0.5, 0.6) is 0 Å². The van der Waals surface area contributed by atoms with E-state index < -0.39 is 0 Å². The average molecular weight is 566 g/mol. The van der Waals surface area contributed by atoms with Crippen molar-refractivity contribution >= 4 is 23.4 Å². The lowest BCUT2D eigenvalue weighted by Crippen LogP contribution is -2.43. The second-order valence-corrected chi connectivity index (χ2v) is 13.5. The maximum atomic E-state index is 13.3. The van der Waals surface area contributed by atoms with Crippen LogP contribution in [-0.4, -0.2) is 39.7 Å². The molecule has 2 bridgehead atoms. The van der Waals surface area contributed by atoms with Crippen molar-refractivity contribution in [2.75, 3.05) is 23.7 Å².